The number of carbonyl (C=O) groups excluding carboxylic acids is 2. The maximum Gasteiger partial charge on any atom is 0.217 e. The minimum Gasteiger partial charge on any atom is -0.370 e. The van der Waals surface area contributed by atoms with Crippen molar-refractivity contribution in [1.82, 2.24) is 0 Å². The Morgan fingerprint density at radius 1 is 0.917 bits per heavy atom. The predicted octanol–water partition coefficient (Wildman–Crippen LogP) is 0.0736. The van der Waals surface area contributed by atoms with Gasteiger partial charge in [-0.05, 0) is 12.8 Å². The van der Waals surface area contributed by atoms with Crippen LogP contribution in [-0.2, 0) is 9.59 Å². The lowest BCUT2D eigenvalue weighted by Crippen LogP contribution is -2.09. The number of primary amides is 2. The number of allylic oxidation sites excluding steroid dienone is 2. The van der Waals surface area contributed by atoms with E-state index in [-0.39, 0.29) is 11.8 Å². The van der Waals surface area contributed by atoms with Crippen LogP contribution in [0.3, 0.4) is 0 Å². The third kappa shape index (κ3) is 8.68. The third-order valence-electron chi connectivity index (χ3n) is 1.28. The normalized spacial score (nSPS) is 10.3. The molecule has 0 fully saturated rings. The standard InChI is InChI=1S/C8H14N2O2/c9-7(11)5-3-1-2-4-6-8(10)12/h1-2H,3-6H2,(H2,9,11)(H2,10,12). The van der Waals surface area contributed by atoms with Crippen molar-refractivity contribution >= 4 is 11.8 Å². The Morgan fingerprint density at radius 3 is 1.50 bits per heavy atom. The molecule has 0 spiro atoms. The molecular weight excluding hydrogens is 156 g/mol. The number of carbonyl (C=O) groups is 2. The number of hydrogen-bond acceptors (Lipinski definition) is 2. The van der Waals surface area contributed by atoms with Crippen molar-refractivity contribution in [1.29, 1.82) is 0 Å². The molecule has 0 heterocycles. The zero-order valence-corrected chi connectivity index (χ0v) is 6.95. The summed E-state index contributed by atoms with van der Waals surface area (Å²) in [7, 11) is 0. The van der Waals surface area contributed by atoms with Crippen molar-refractivity contribution in [2.24, 2.45) is 11.5 Å². The topological polar surface area (TPSA) is 86.2 Å². The highest BCUT2D eigenvalue weighted by Crippen LogP contribution is 1.94. The first-order valence-electron chi connectivity index (χ1n) is 3.84. The minimum absolute atomic E-state index is 0.311. The highest BCUT2D eigenvalue weighted by atomic mass is 16.1. The summed E-state index contributed by atoms with van der Waals surface area (Å²) >= 11 is 0. The van der Waals surface area contributed by atoms with Gasteiger partial charge in [-0.1, -0.05) is 12.2 Å². The molecule has 4 N–H and O–H groups in total. The summed E-state index contributed by atoms with van der Waals surface area (Å²) in [6.07, 6.45) is 5.63. The first-order chi connectivity index (χ1) is 5.63. The van der Waals surface area contributed by atoms with E-state index in [1.54, 1.807) is 0 Å². The summed E-state index contributed by atoms with van der Waals surface area (Å²) < 4.78 is 0. The first kappa shape index (κ1) is 10.7. The molecule has 0 atom stereocenters. The molecule has 0 aliphatic carbocycles. The zero-order valence-electron chi connectivity index (χ0n) is 6.95. The van der Waals surface area contributed by atoms with Crippen molar-refractivity contribution in [3.8, 4) is 0 Å². The summed E-state index contributed by atoms with van der Waals surface area (Å²) in [6.45, 7) is 0. The van der Waals surface area contributed by atoms with E-state index < -0.39 is 0 Å². The van der Waals surface area contributed by atoms with Crippen molar-refractivity contribution in [3.05, 3.63) is 12.2 Å². The van der Waals surface area contributed by atoms with Crippen molar-refractivity contribution in [2.45, 2.75) is 25.7 Å². The molecule has 0 bridgehead atoms. The number of rotatable bonds is 6. The van der Waals surface area contributed by atoms with E-state index in [2.05, 4.69) is 0 Å². The summed E-state index contributed by atoms with van der Waals surface area (Å²) in [5.41, 5.74) is 9.82. The average Bonchev–Trinajstić information content (AvgIpc) is 1.95. The Labute approximate surface area is 71.6 Å². The van der Waals surface area contributed by atoms with Crippen LogP contribution in [0.5, 0.6) is 0 Å². The fourth-order valence-electron chi connectivity index (χ4n) is 0.687. The van der Waals surface area contributed by atoms with Crippen LogP contribution in [0.2, 0.25) is 0 Å². The van der Waals surface area contributed by atoms with Gasteiger partial charge in [0, 0.05) is 12.8 Å². The maximum absolute atomic E-state index is 10.3. The molecule has 0 rings (SSSR count). The van der Waals surface area contributed by atoms with E-state index in [9.17, 15) is 9.59 Å². The molecule has 4 heteroatoms. The molecule has 4 nitrogen and oxygen atoms in total. The molecule has 0 saturated carbocycles. The minimum atomic E-state index is -0.311. The Balaban J connectivity index is 3.26. The Morgan fingerprint density at radius 2 is 1.25 bits per heavy atom. The van der Waals surface area contributed by atoms with Gasteiger partial charge in [-0.2, -0.15) is 0 Å². The molecule has 2 amide bonds. The van der Waals surface area contributed by atoms with Gasteiger partial charge in [0.1, 0.15) is 0 Å². The molecule has 0 aliphatic heterocycles. The quantitative estimate of drug-likeness (QED) is 0.553. The predicted molar refractivity (Wildman–Crippen MR) is 46.0 cm³/mol. The zero-order chi connectivity index (χ0) is 9.40. The van der Waals surface area contributed by atoms with Gasteiger partial charge in [-0.3, -0.25) is 9.59 Å². The van der Waals surface area contributed by atoms with Gasteiger partial charge in [0.2, 0.25) is 11.8 Å². The van der Waals surface area contributed by atoms with Crippen LogP contribution in [0.1, 0.15) is 25.7 Å². The molecule has 0 aromatic rings. The van der Waals surface area contributed by atoms with E-state index >= 15 is 0 Å². The summed E-state index contributed by atoms with van der Waals surface area (Å²) in [6, 6.07) is 0. The first-order valence-corrected chi connectivity index (χ1v) is 3.84. The van der Waals surface area contributed by atoms with Crippen LogP contribution in [0.15, 0.2) is 12.2 Å². The molecule has 0 radical (unpaired) electrons. The fraction of sp³-hybridized carbons (Fsp3) is 0.500. The van der Waals surface area contributed by atoms with E-state index in [4.69, 9.17) is 11.5 Å². The second-order valence-electron chi connectivity index (χ2n) is 2.48. The Kier molecular flexibility index (Phi) is 5.69. The van der Waals surface area contributed by atoms with Crippen LogP contribution in [-0.4, -0.2) is 11.8 Å². The van der Waals surface area contributed by atoms with Gasteiger partial charge in [0.25, 0.3) is 0 Å². The summed E-state index contributed by atoms with van der Waals surface area (Å²) in [5.74, 6) is -0.621. The SMILES string of the molecule is NC(=O)CCC=CCCC(N)=O. The van der Waals surface area contributed by atoms with E-state index in [0.717, 1.165) is 0 Å². The van der Waals surface area contributed by atoms with Crippen LogP contribution in [0.25, 0.3) is 0 Å². The molecule has 68 valence electrons. The summed E-state index contributed by atoms with van der Waals surface area (Å²) in [5, 5.41) is 0. The molecule has 0 aromatic carbocycles. The van der Waals surface area contributed by atoms with E-state index in [1.165, 1.54) is 0 Å². The van der Waals surface area contributed by atoms with Crippen molar-refractivity contribution in [3.63, 3.8) is 0 Å². The second-order valence-corrected chi connectivity index (χ2v) is 2.48. The van der Waals surface area contributed by atoms with Gasteiger partial charge >= 0.3 is 0 Å². The van der Waals surface area contributed by atoms with Gasteiger partial charge in [0.05, 0.1) is 0 Å². The Bertz CT molecular complexity index is 167. The second kappa shape index (κ2) is 6.39. The third-order valence-corrected chi connectivity index (χ3v) is 1.28. The van der Waals surface area contributed by atoms with Gasteiger partial charge in [-0.25, -0.2) is 0 Å². The maximum atomic E-state index is 10.3. The lowest BCUT2D eigenvalue weighted by atomic mass is 10.2. The van der Waals surface area contributed by atoms with Crippen LogP contribution in [0.4, 0.5) is 0 Å². The summed E-state index contributed by atoms with van der Waals surface area (Å²) in [4.78, 5) is 20.5. The average molecular weight is 170 g/mol. The monoisotopic (exact) mass is 170 g/mol. The Hall–Kier alpha value is -1.32. The van der Waals surface area contributed by atoms with E-state index in [1.807, 2.05) is 12.2 Å². The largest absolute Gasteiger partial charge is 0.370 e. The molecule has 12 heavy (non-hydrogen) atoms. The van der Waals surface area contributed by atoms with Crippen molar-refractivity contribution in [2.75, 3.05) is 0 Å². The fourth-order valence-corrected chi connectivity index (χ4v) is 0.687. The van der Waals surface area contributed by atoms with Gasteiger partial charge in [-0.15, -0.1) is 0 Å². The van der Waals surface area contributed by atoms with Crippen molar-refractivity contribution < 1.29 is 9.59 Å². The lowest BCUT2D eigenvalue weighted by Gasteiger charge is -1.89. The smallest absolute Gasteiger partial charge is 0.217 e. The molecule has 0 unspecified atom stereocenters. The highest BCUT2D eigenvalue weighted by Gasteiger charge is 1.90. The molecule has 0 aliphatic rings. The molecule has 0 saturated heterocycles. The van der Waals surface area contributed by atoms with Crippen LogP contribution in [0, 0.1) is 0 Å². The number of nitrogens with two attached hydrogens (primary N) is 2. The highest BCUT2D eigenvalue weighted by molar-refractivity contribution is 5.74. The van der Waals surface area contributed by atoms with Gasteiger partial charge < -0.3 is 11.5 Å². The van der Waals surface area contributed by atoms with Crippen LogP contribution >= 0.6 is 0 Å². The number of amides is 2. The van der Waals surface area contributed by atoms with E-state index in [0.29, 0.717) is 25.7 Å². The number of hydrogen-bond donors (Lipinski definition) is 2. The molecular formula is C8H14N2O2. The van der Waals surface area contributed by atoms with Crippen LogP contribution < -0.4 is 11.5 Å². The molecule has 0 aromatic heterocycles. The van der Waals surface area contributed by atoms with Gasteiger partial charge in [0.15, 0.2) is 0 Å². The lowest BCUT2D eigenvalue weighted by molar-refractivity contribution is -0.118.